The predicted octanol–water partition coefficient (Wildman–Crippen LogP) is 2.34. The Labute approximate surface area is 104 Å². The number of carbonyl (C=O) groups is 1. The number of aliphatic carboxylic acids is 1. The monoisotopic (exact) mass is 250 g/mol. The zero-order valence-corrected chi connectivity index (χ0v) is 10.1. The van der Waals surface area contributed by atoms with E-state index in [-0.39, 0.29) is 11.3 Å². The van der Waals surface area contributed by atoms with Crippen molar-refractivity contribution < 1.29 is 14.8 Å². The molecule has 0 aliphatic heterocycles. The van der Waals surface area contributed by atoms with Crippen LogP contribution in [0.1, 0.15) is 12.5 Å². The summed E-state index contributed by atoms with van der Waals surface area (Å²) in [7, 11) is 0. The molecule has 0 heterocycles. The minimum Gasteiger partial charge on any atom is -0.478 e. The van der Waals surface area contributed by atoms with Crippen molar-refractivity contribution in [2.75, 3.05) is 5.32 Å². The van der Waals surface area contributed by atoms with Crippen LogP contribution < -0.4 is 5.32 Å². The minimum absolute atomic E-state index is 0.000839. The highest BCUT2D eigenvalue weighted by atomic mass is 16.6. The summed E-state index contributed by atoms with van der Waals surface area (Å²) in [4.78, 5) is 20.9. The molecule has 6 nitrogen and oxygen atoms in total. The molecule has 0 bridgehead atoms. The van der Waals surface area contributed by atoms with Gasteiger partial charge in [-0.3, -0.25) is 10.1 Å². The standard InChI is InChI=1S/C12H14N2O4/c1-7-4-5-10(14(17)18)6-11(7)13-9(3)8(2)12(15)16/h4-6,9,13H,2H2,1,3H3,(H,15,16). The highest BCUT2D eigenvalue weighted by Gasteiger charge is 2.15. The summed E-state index contributed by atoms with van der Waals surface area (Å²) in [6.45, 7) is 6.86. The SMILES string of the molecule is C=C(C(=O)O)C(C)Nc1cc([N+](=O)[O-])ccc1C. The molecule has 0 saturated heterocycles. The van der Waals surface area contributed by atoms with Gasteiger partial charge in [-0.2, -0.15) is 0 Å². The van der Waals surface area contributed by atoms with E-state index < -0.39 is 16.9 Å². The highest BCUT2D eigenvalue weighted by Crippen LogP contribution is 2.23. The van der Waals surface area contributed by atoms with Gasteiger partial charge in [-0.1, -0.05) is 12.6 Å². The Morgan fingerprint density at radius 1 is 1.56 bits per heavy atom. The van der Waals surface area contributed by atoms with Crippen LogP contribution >= 0.6 is 0 Å². The third-order valence-electron chi connectivity index (χ3n) is 2.60. The molecule has 18 heavy (non-hydrogen) atoms. The van der Waals surface area contributed by atoms with Crippen molar-refractivity contribution in [1.29, 1.82) is 0 Å². The predicted molar refractivity (Wildman–Crippen MR) is 67.7 cm³/mol. The number of nitro benzene ring substituents is 1. The maximum absolute atomic E-state index is 10.7. The van der Waals surface area contributed by atoms with E-state index in [1.54, 1.807) is 19.9 Å². The molecule has 0 amide bonds. The number of nitrogens with zero attached hydrogens (tertiary/aromatic N) is 1. The lowest BCUT2D eigenvalue weighted by Crippen LogP contribution is -2.22. The lowest BCUT2D eigenvalue weighted by atomic mass is 10.1. The third kappa shape index (κ3) is 3.07. The van der Waals surface area contributed by atoms with Crippen molar-refractivity contribution in [3.8, 4) is 0 Å². The third-order valence-corrected chi connectivity index (χ3v) is 2.60. The molecule has 1 rings (SSSR count). The Kier molecular flexibility index (Phi) is 4.04. The van der Waals surface area contributed by atoms with Gasteiger partial charge in [0.25, 0.3) is 5.69 Å². The van der Waals surface area contributed by atoms with Crippen molar-refractivity contribution in [3.05, 3.63) is 46.0 Å². The van der Waals surface area contributed by atoms with Crippen LogP contribution in [0.4, 0.5) is 11.4 Å². The number of hydrogen-bond donors (Lipinski definition) is 2. The lowest BCUT2D eigenvalue weighted by Gasteiger charge is -2.16. The lowest BCUT2D eigenvalue weighted by molar-refractivity contribution is -0.384. The average Bonchev–Trinajstić information content (AvgIpc) is 2.30. The molecule has 0 fully saturated rings. The van der Waals surface area contributed by atoms with E-state index >= 15 is 0 Å². The molecule has 2 N–H and O–H groups in total. The first-order valence-electron chi connectivity index (χ1n) is 5.26. The van der Waals surface area contributed by atoms with Crippen LogP contribution in [0.3, 0.4) is 0 Å². The fraction of sp³-hybridized carbons (Fsp3) is 0.250. The van der Waals surface area contributed by atoms with Crippen LogP contribution in [0.15, 0.2) is 30.4 Å². The number of nitro groups is 1. The molecule has 1 unspecified atom stereocenters. The van der Waals surface area contributed by atoms with Crippen LogP contribution in [0.5, 0.6) is 0 Å². The van der Waals surface area contributed by atoms with Crippen LogP contribution in [-0.2, 0) is 4.79 Å². The van der Waals surface area contributed by atoms with Crippen molar-refractivity contribution in [1.82, 2.24) is 0 Å². The molecule has 0 aromatic heterocycles. The minimum atomic E-state index is -1.10. The van der Waals surface area contributed by atoms with Crippen LogP contribution in [0.25, 0.3) is 0 Å². The first-order valence-corrected chi connectivity index (χ1v) is 5.26. The Balaban J connectivity index is 2.96. The second-order valence-corrected chi connectivity index (χ2v) is 3.95. The van der Waals surface area contributed by atoms with Gasteiger partial charge < -0.3 is 10.4 Å². The van der Waals surface area contributed by atoms with Gasteiger partial charge in [0.15, 0.2) is 0 Å². The Hall–Kier alpha value is -2.37. The molecule has 0 aliphatic rings. The zero-order valence-electron chi connectivity index (χ0n) is 10.1. The van der Waals surface area contributed by atoms with Gasteiger partial charge in [-0.15, -0.1) is 0 Å². The molecule has 0 saturated carbocycles. The number of hydrogen-bond acceptors (Lipinski definition) is 4. The maximum Gasteiger partial charge on any atom is 0.333 e. The average molecular weight is 250 g/mol. The molecule has 0 spiro atoms. The van der Waals surface area contributed by atoms with E-state index in [0.29, 0.717) is 5.69 Å². The summed E-state index contributed by atoms with van der Waals surface area (Å²) in [6.07, 6.45) is 0. The fourth-order valence-electron chi connectivity index (χ4n) is 1.38. The number of nitrogens with one attached hydrogen (secondary N) is 1. The molecule has 1 aromatic carbocycles. The smallest absolute Gasteiger partial charge is 0.333 e. The Morgan fingerprint density at radius 2 is 2.17 bits per heavy atom. The Morgan fingerprint density at radius 3 is 2.67 bits per heavy atom. The second-order valence-electron chi connectivity index (χ2n) is 3.95. The van der Waals surface area contributed by atoms with Gasteiger partial charge in [0.05, 0.1) is 16.5 Å². The fourth-order valence-corrected chi connectivity index (χ4v) is 1.38. The van der Waals surface area contributed by atoms with Crippen LogP contribution in [0, 0.1) is 17.0 Å². The summed E-state index contributed by atoms with van der Waals surface area (Å²) >= 11 is 0. The quantitative estimate of drug-likeness (QED) is 0.475. The van der Waals surface area contributed by atoms with E-state index in [1.165, 1.54) is 12.1 Å². The molecule has 0 radical (unpaired) electrons. The van der Waals surface area contributed by atoms with E-state index in [2.05, 4.69) is 11.9 Å². The number of non-ortho nitro benzene ring substituents is 1. The van der Waals surface area contributed by atoms with E-state index in [4.69, 9.17) is 5.11 Å². The second kappa shape index (κ2) is 5.31. The van der Waals surface area contributed by atoms with Crippen molar-refractivity contribution in [2.45, 2.75) is 19.9 Å². The van der Waals surface area contributed by atoms with E-state index in [1.807, 2.05) is 0 Å². The molecule has 96 valence electrons. The summed E-state index contributed by atoms with van der Waals surface area (Å²) in [6, 6.07) is 3.87. The number of benzene rings is 1. The summed E-state index contributed by atoms with van der Waals surface area (Å²) < 4.78 is 0. The van der Waals surface area contributed by atoms with E-state index in [0.717, 1.165) is 5.56 Å². The van der Waals surface area contributed by atoms with Gasteiger partial charge in [0, 0.05) is 17.8 Å². The number of rotatable bonds is 5. The largest absolute Gasteiger partial charge is 0.478 e. The highest BCUT2D eigenvalue weighted by molar-refractivity contribution is 5.88. The van der Waals surface area contributed by atoms with E-state index in [9.17, 15) is 14.9 Å². The first kappa shape index (κ1) is 13.7. The van der Waals surface area contributed by atoms with Gasteiger partial charge in [-0.25, -0.2) is 4.79 Å². The summed E-state index contributed by atoms with van der Waals surface area (Å²) in [5.41, 5.74) is 1.28. The van der Waals surface area contributed by atoms with Gasteiger partial charge in [0.1, 0.15) is 0 Å². The summed E-state index contributed by atoms with van der Waals surface area (Å²) in [5, 5.41) is 22.4. The molecule has 0 aliphatic carbocycles. The first-order chi connectivity index (χ1) is 8.32. The molecular formula is C12H14N2O4. The molecule has 1 atom stereocenters. The number of carboxylic acid groups (broad SMARTS) is 1. The zero-order chi connectivity index (χ0) is 13.9. The molecule has 6 heteroatoms. The number of anilines is 1. The topological polar surface area (TPSA) is 92.5 Å². The molecular weight excluding hydrogens is 236 g/mol. The number of aryl methyl sites for hydroxylation is 1. The van der Waals surface area contributed by atoms with Crippen molar-refractivity contribution in [3.63, 3.8) is 0 Å². The van der Waals surface area contributed by atoms with Crippen LogP contribution in [0.2, 0.25) is 0 Å². The number of carboxylic acids is 1. The normalized spacial score (nSPS) is 11.7. The van der Waals surface area contributed by atoms with Gasteiger partial charge in [0.2, 0.25) is 0 Å². The van der Waals surface area contributed by atoms with Crippen molar-refractivity contribution in [2.24, 2.45) is 0 Å². The van der Waals surface area contributed by atoms with Crippen molar-refractivity contribution >= 4 is 17.3 Å². The van der Waals surface area contributed by atoms with Gasteiger partial charge in [-0.05, 0) is 19.4 Å². The molecule has 1 aromatic rings. The van der Waals surface area contributed by atoms with Crippen LogP contribution in [-0.4, -0.2) is 22.0 Å². The Bertz CT molecular complexity index is 511. The maximum atomic E-state index is 10.7. The summed E-state index contributed by atoms with van der Waals surface area (Å²) in [5.74, 6) is -1.10. The van der Waals surface area contributed by atoms with Gasteiger partial charge >= 0.3 is 5.97 Å².